The molecule has 0 unspecified atom stereocenters. The summed E-state index contributed by atoms with van der Waals surface area (Å²) >= 11 is 0. The van der Waals surface area contributed by atoms with Crippen LogP contribution in [0.5, 0.6) is 5.75 Å². The third kappa shape index (κ3) is 5.98. The topological polar surface area (TPSA) is 111 Å². The zero-order valence-corrected chi connectivity index (χ0v) is 19.1. The zero-order chi connectivity index (χ0) is 23.3. The van der Waals surface area contributed by atoms with Gasteiger partial charge in [-0.05, 0) is 75.4 Å². The fraction of sp³-hybridized carbons (Fsp3) is 0.435. The molecule has 3 rings (SSSR count). The van der Waals surface area contributed by atoms with Gasteiger partial charge in [-0.2, -0.15) is 0 Å². The van der Waals surface area contributed by atoms with Crippen LogP contribution in [0.25, 0.3) is 0 Å². The van der Waals surface area contributed by atoms with Crippen molar-refractivity contribution in [2.45, 2.75) is 56.5 Å². The number of amides is 1. The summed E-state index contributed by atoms with van der Waals surface area (Å²) in [6, 6.07) is 9.98. The number of benzene rings is 2. The molecule has 7 nitrogen and oxygen atoms in total. The van der Waals surface area contributed by atoms with Gasteiger partial charge in [0, 0.05) is 12.0 Å². The van der Waals surface area contributed by atoms with E-state index in [9.17, 15) is 17.6 Å². The maximum absolute atomic E-state index is 13.1. The van der Waals surface area contributed by atoms with Crippen LogP contribution in [-0.4, -0.2) is 27.0 Å². The molecule has 4 N–H and O–H groups in total. The van der Waals surface area contributed by atoms with Crippen LogP contribution in [0, 0.1) is 11.7 Å². The number of ether oxygens (including phenoxy) is 1. The van der Waals surface area contributed by atoms with Crippen molar-refractivity contribution in [2.24, 2.45) is 5.92 Å². The first kappa shape index (κ1) is 24.0. The monoisotopic (exact) mass is 463 g/mol. The average Bonchev–Trinajstić information content (AvgIpc) is 2.76. The van der Waals surface area contributed by atoms with Crippen molar-refractivity contribution in [1.29, 1.82) is 0 Å². The first-order valence-corrected chi connectivity index (χ1v) is 12.3. The molecule has 2 aromatic carbocycles. The molecule has 0 aliphatic heterocycles. The lowest BCUT2D eigenvalue weighted by Crippen LogP contribution is -2.41. The number of anilines is 1. The van der Waals surface area contributed by atoms with E-state index in [2.05, 4.69) is 10.0 Å². The van der Waals surface area contributed by atoms with Crippen LogP contribution in [0.3, 0.4) is 0 Å². The highest BCUT2D eigenvalue weighted by molar-refractivity contribution is 7.89. The van der Waals surface area contributed by atoms with Gasteiger partial charge >= 0.3 is 0 Å². The van der Waals surface area contributed by atoms with Crippen molar-refractivity contribution in [1.82, 2.24) is 10.0 Å². The summed E-state index contributed by atoms with van der Waals surface area (Å²) in [6.45, 7) is 4.12. The molecule has 0 radical (unpaired) electrons. The maximum atomic E-state index is 13.1. The molecular weight excluding hydrogens is 433 g/mol. The van der Waals surface area contributed by atoms with Gasteiger partial charge in [0.25, 0.3) is 0 Å². The van der Waals surface area contributed by atoms with Gasteiger partial charge in [0.05, 0.1) is 23.2 Å². The third-order valence-corrected chi connectivity index (χ3v) is 7.26. The molecule has 9 heteroatoms. The lowest BCUT2D eigenvalue weighted by molar-refractivity contribution is -0.126. The molecule has 0 spiro atoms. The van der Waals surface area contributed by atoms with Gasteiger partial charge in [-0.3, -0.25) is 4.79 Å². The van der Waals surface area contributed by atoms with Crippen LogP contribution in [0.4, 0.5) is 10.1 Å². The van der Waals surface area contributed by atoms with Crippen LogP contribution >= 0.6 is 0 Å². The van der Waals surface area contributed by atoms with E-state index in [0.29, 0.717) is 38.0 Å². The quantitative estimate of drug-likeness (QED) is 0.519. The minimum Gasteiger partial charge on any atom is -0.492 e. The van der Waals surface area contributed by atoms with Crippen LogP contribution < -0.4 is 20.5 Å². The highest BCUT2D eigenvalue weighted by atomic mass is 32.2. The highest BCUT2D eigenvalue weighted by Crippen LogP contribution is 2.28. The molecule has 32 heavy (non-hydrogen) atoms. The Labute approximate surface area is 188 Å². The van der Waals surface area contributed by atoms with Crippen LogP contribution in [0.2, 0.25) is 0 Å². The molecule has 1 fully saturated rings. The second-order valence-electron chi connectivity index (χ2n) is 8.08. The Balaban J connectivity index is 1.53. The Morgan fingerprint density at radius 2 is 1.81 bits per heavy atom. The Bertz CT molecular complexity index is 1040. The average molecular weight is 464 g/mol. The number of carbonyl (C=O) groups is 1. The van der Waals surface area contributed by atoms with E-state index in [0.717, 1.165) is 5.56 Å². The first-order chi connectivity index (χ1) is 15.2. The van der Waals surface area contributed by atoms with Gasteiger partial charge in [0.2, 0.25) is 15.9 Å². The lowest BCUT2D eigenvalue weighted by atomic mass is 9.85. The predicted octanol–water partition coefficient (Wildman–Crippen LogP) is 3.52. The van der Waals surface area contributed by atoms with Crippen molar-refractivity contribution in [3.8, 4) is 5.75 Å². The van der Waals surface area contributed by atoms with E-state index in [1.54, 1.807) is 18.2 Å². The van der Waals surface area contributed by atoms with Crippen LogP contribution in [0.15, 0.2) is 47.4 Å². The number of hydrogen-bond acceptors (Lipinski definition) is 5. The Morgan fingerprint density at radius 3 is 2.41 bits per heavy atom. The van der Waals surface area contributed by atoms with Gasteiger partial charge < -0.3 is 15.8 Å². The summed E-state index contributed by atoms with van der Waals surface area (Å²) in [5, 5.41) is 2.97. The fourth-order valence-electron chi connectivity index (χ4n) is 3.91. The molecule has 1 atom stereocenters. The summed E-state index contributed by atoms with van der Waals surface area (Å²) in [5.41, 5.74) is 7.00. The van der Waals surface area contributed by atoms with Gasteiger partial charge in [-0.1, -0.05) is 12.1 Å². The van der Waals surface area contributed by atoms with Gasteiger partial charge in [0.15, 0.2) is 0 Å². The summed E-state index contributed by atoms with van der Waals surface area (Å²) in [7, 11) is -3.73. The summed E-state index contributed by atoms with van der Waals surface area (Å²) in [6.07, 6.45) is 2.30. The third-order valence-electron chi connectivity index (χ3n) is 5.74. The molecule has 174 valence electrons. The number of nitrogens with two attached hydrogens (primary N) is 1. The smallest absolute Gasteiger partial charge is 0.240 e. The van der Waals surface area contributed by atoms with Crippen molar-refractivity contribution >= 4 is 21.6 Å². The van der Waals surface area contributed by atoms with Gasteiger partial charge in [0.1, 0.15) is 11.6 Å². The number of nitrogen functional groups attached to an aromatic ring is 1. The molecular formula is C23H30FN3O4S. The molecule has 1 saturated carbocycles. The number of carbonyl (C=O) groups excluding carboxylic acids is 1. The molecule has 1 amide bonds. The SMILES string of the molecule is CCOc1ccc(S(=O)(=O)NC2CCC(C(=O)N[C@H](C)c3ccc(F)cc3)CC2)cc1N. The molecule has 1 aliphatic carbocycles. The van der Waals surface area contributed by atoms with Crippen LogP contribution in [0.1, 0.15) is 51.1 Å². The van der Waals surface area contributed by atoms with Crippen molar-refractivity contribution in [3.05, 3.63) is 53.8 Å². The van der Waals surface area contributed by atoms with E-state index in [1.165, 1.54) is 24.3 Å². The fourth-order valence-corrected chi connectivity index (χ4v) is 5.25. The first-order valence-electron chi connectivity index (χ1n) is 10.8. The normalized spacial score (nSPS) is 19.8. The van der Waals surface area contributed by atoms with Gasteiger partial charge in [-0.25, -0.2) is 17.5 Å². The molecule has 1 aliphatic rings. The Kier molecular flexibility index (Phi) is 7.73. The van der Waals surface area contributed by atoms with E-state index in [4.69, 9.17) is 10.5 Å². The standard InChI is InChI=1S/C23H30FN3O4S/c1-3-31-22-13-12-20(14-21(22)25)32(29,30)27-19-10-6-17(7-11-19)23(28)26-15(2)16-4-8-18(24)9-5-16/h4-5,8-9,12-15,17,19,27H,3,6-7,10-11,25H2,1-2H3,(H,26,28)/t15-,17?,19?/m1/s1. The van der Waals surface area contributed by atoms with E-state index >= 15 is 0 Å². The Morgan fingerprint density at radius 1 is 1.16 bits per heavy atom. The lowest BCUT2D eigenvalue weighted by Gasteiger charge is -2.29. The number of sulfonamides is 1. The maximum Gasteiger partial charge on any atom is 0.240 e. The minimum absolute atomic E-state index is 0.0672. The molecule has 0 aromatic heterocycles. The van der Waals surface area contributed by atoms with Crippen molar-refractivity contribution < 1.29 is 22.3 Å². The van der Waals surface area contributed by atoms with Gasteiger partial charge in [-0.15, -0.1) is 0 Å². The van der Waals surface area contributed by atoms with E-state index < -0.39 is 10.0 Å². The molecule has 0 saturated heterocycles. The van der Waals surface area contributed by atoms with Crippen molar-refractivity contribution in [2.75, 3.05) is 12.3 Å². The highest BCUT2D eigenvalue weighted by Gasteiger charge is 2.30. The van der Waals surface area contributed by atoms with Crippen molar-refractivity contribution in [3.63, 3.8) is 0 Å². The van der Waals surface area contributed by atoms with E-state index in [1.807, 2.05) is 13.8 Å². The van der Waals surface area contributed by atoms with E-state index in [-0.39, 0.29) is 40.3 Å². The molecule has 0 bridgehead atoms. The largest absolute Gasteiger partial charge is 0.492 e. The van der Waals surface area contributed by atoms with Crippen LogP contribution in [-0.2, 0) is 14.8 Å². The predicted molar refractivity (Wildman–Crippen MR) is 121 cm³/mol. The Hall–Kier alpha value is -2.65. The number of hydrogen-bond donors (Lipinski definition) is 3. The summed E-state index contributed by atoms with van der Waals surface area (Å²) in [4.78, 5) is 12.7. The number of nitrogens with one attached hydrogen (secondary N) is 2. The minimum atomic E-state index is -3.73. The second kappa shape index (κ2) is 10.3. The number of rotatable bonds is 8. The number of halogens is 1. The molecule has 0 heterocycles. The summed E-state index contributed by atoms with van der Waals surface area (Å²) < 4.78 is 46.7. The molecule has 2 aromatic rings. The zero-order valence-electron chi connectivity index (χ0n) is 18.3. The summed E-state index contributed by atoms with van der Waals surface area (Å²) in [5.74, 6) is -0.115. The second-order valence-corrected chi connectivity index (χ2v) is 9.80.